The molecule has 102 valence electrons. The van der Waals surface area contributed by atoms with Crippen molar-refractivity contribution in [3.05, 3.63) is 23.9 Å². The van der Waals surface area contributed by atoms with Gasteiger partial charge in [0.25, 0.3) is 0 Å². The molecule has 3 N–H and O–H groups in total. The molecule has 1 aliphatic heterocycles. The standard InChI is InChI=1S/C14H20N4O/c15-14(17-19)11-6-7-13(16-9-11)18-8-2-4-10-3-1-5-12(10)18/h6-7,9-10,12,19H,1-5,8H2,(H2,15,17). The maximum Gasteiger partial charge on any atom is 0.171 e. The van der Waals surface area contributed by atoms with Crippen LogP contribution in [0, 0.1) is 5.92 Å². The van der Waals surface area contributed by atoms with Crippen molar-refractivity contribution in [1.29, 1.82) is 0 Å². The van der Waals surface area contributed by atoms with E-state index in [2.05, 4.69) is 15.0 Å². The summed E-state index contributed by atoms with van der Waals surface area (Å²) in [5, 5.41) is 11.6. The zero-order valence-electron chi connectivity index (χ0n) is 11.0. The van der Waals surface area contributed by atoms with Crippen molar-refractivity contribution in [3.63, 3.8) is 0 Å². The lowest BCUT2D eigenvalue weighted by atomic mass is 9.92. The van der Waals surface area contributed by atoms with Crippen molar-refractivity contribution in [1.82, 2.24) is 4.98 Å². The minimum atomic E-state index is 0.108. The largest absolute Gasteiger partial charge is 0.409 e. The molecule has 2 fully saturated rings. The van der Waals surface area contributed by atoms with E-state index in [0.29, 0.717) is 11.6 Å². The van der Waals surface area contributed by atoms with E-state index in [1.54, 1.807) is 6.20 Å². The van der Waals surface area contributed by atoms with Gasteiger partial charge in [-0.15, -0.1) is 0 Å². The minimum Gasteiger partial charge on any atom is -0.409 e. The van der Waals surface area contributed by atoms with Gasteiger partial charge in [-0.3, -0.25) is 0 Å². The van der Waals surface area contributed by atoms with Crippen LogP contribution in [0.4, 0.5) is 5.82 Å². The van der Waals surface area contributed by atoms with E-state index in [0.717, 1.165) is 18.3 Å². The van der Waals surface area contributed by atoms with Crippen LogP contribution in [0.1, 0.15) is 37.7 Å². The van der Waals surface area contributed by atoms with Crippen molar-refractivity contribution in [2.75, 3.05) is 11.4 Å². The van der Waals surface area contributed by atoms with Crippen LogP contribution in [0.3, 0.4) is 0 Å². The number of piperidine rings is 1. The molecule has 1 aromatic rings. The molecule has 0 aromatic carbocycles. The molecule has 1 aromatic heterocycles. The summed E-state index contributed by atoms with van der Waals surface area (Å²) < 4.78 is 0. The molecule has 19 heavy (non-hydrogen) atoms. The van der Waals surface area contributed by atoms with Gasteiger partial charge in [0.2, 0.25) is 0 Å². The average Bonchev–Trinajstić information content (AvgIpc) is 2.95. The Hall–Kier alpha value is -1.78. The fraction of sp³-hybridized carbons (Fsp3) is 0.571. The normalized spacial score (nSPS) is 27.4. The zero-order chi connectivity index (χ0) is 13.2. The molecule has 2 aliphatic rings. The Labute approximate surface area is 113 Å². The Balaban J connectivity index is 1.81. The Morgan fingerprint density at radius 2 is 2.16 bits per heavy atom. The van der Waals surface area contributed by atoms with Gasteiger partial charge in [-0.05, 0) is 43.7 Å². The molecule has 3 rings (SSSR count). The van der Waals surface area contributed by atoms with Crippen LogP contribution in [0.25, 0.3) is 0 Å². The summed E-state index contributed by atoms with van der Waals surface area (Å²) >= 11 is 0. The van der Waals surface area contributed by atoms with Crippen molar-refractivity contribution < 1.29 is 5.21 Å². The molecule has 0 radical (unpaired) electrons. The predicted molar refractivity (Wildman–Crippen MR) is 74.5 cm³/mol. The molecule has 2 heterocycles. The first-order valence-electron chi connectivity index (χ1n) is 7.00. The van der Waals surface area contributed by atoms with Gasteiger partial charge in [0.05, 0.1) is 0 Å². The lowest BCUT2D eigenvalue weighted by molar-refractivity contribution is 0.318. The van der Waals surface area contributed by atoms with Crippen LogP contribution in [0.15, 0.2) is 23.5 Å². The first-order valence-corrected chi connectivity index (χ1v) is 7.00. The number of oxime groups is 1. The van der Waals surface area contributed by atoms with E-state index in [4.69, 9.17) is 10.9 Å². The van der Waals surface area contributed by atoms with E-state index in [1.165, 1.54) is 32.1 Å². The topological polar surface area (TPSA) is 74.7 Å². The van der Waals surface area contributed by atoms with Gasteiger partial charge in [0, 0.05) is 24.3 Å². The number of hydrogen-bond donors (Lipinski definition) is 2. The molecule has 1 saturated carbocycles. The van der Waals surface area contributed by atoms with Gasteiger partial charge in [0.1, 0.15) is 5.82 Å². The average molecular weight is 260 g/mol. The number of aromatic nitrogens is 1. The summed E-state index contributed by atoms with van der Waals surface area (Å²) in [4.78, 5) is 6.93. The Kier molecular flexibility index (Phi) is 3.27. The van der Waals surface area contributed by atoms with Crippen molar-refractivity contribution in [3.8, 4) is 0 Å². The van der Waals surface area contributed by atoms with E-state index < -0.39 is 0 Å². The van der Waals surface area contributed by atoms with Crippen LogP contribution in [-0.2, 0) is 0 Å². The highest BCUT2D eigenvalue weighted by molar-refractivity contribution is 5.96. The van der Waals surface area contributed by atoms with Gasteiger partial charge in [-0.2, -0.15) is 0 Å². The quantitative estimate of drug-likeness (QED) is 0.369. The third kappa shape index (κ3) is 2.25. The minimum absolute atomic E-state index is 0.108. The van der Waals surface area contributed by atoms with Gasteiger partial charge in [-0.1, -0.05) is 11.6 Å². The summed E-state index contributed by atoms with van der Waals surface area (Å²) in [6.45, 7) is 1.09. The SMILES string of the molecule is NC(=NO)c1ccc(N2CCCC3CCCC32)nc1. The Bertz CT molecular complexity index is 471. The van der Waals surface area contributed by atoms with Crippen LogP contribution >= 0.6 is 0 Å². The summed E-state index contributed by atoms with van der Waals surface area (Å²) in [6, 6.07) is 4.51. The second-order valence-corrected chi connectivity index (χ2v) is 5.48. The van der Waals surface area contributed by atoms with Gasteiger partial charge >= 0.3 is 0 Å². The van der Waals surface area contributed by atoms with Crippen LogP contribution in [0.2, 0.25) is 0 Å². The van der Waals surface area contributed by atoms with E-state index in [-0.39, 0.29) is 5.84 Å². The highest BCUT2D eigenvalue weighted by Crippen LogP contribution is 2.38. The van der Waals surface area contributed by atoms with E-state index in [9.17, 15) is 0 Å². The molecule has 1 aliphatic carbocycles. The van der Waals surface area contributed by atoms with Gasteiger partial charge in [-0.25, -0.2) is 4.98 Å². The number of amidine groups is 1. The Morgan fingerprint density at radius 1 is 1.32 bits per heavy atom. The maximum atomic E-state index is 8.65. The second kappa shape index (κ2) is 5.07. The molecule has 2 atom stereocenters. The number of pyridine rings is 1. The first-order chi connectivity index (χ1) is 9.29. The summed E-state index contributed by atoms with van der Waals surface area (Å²) in [6.07, 6.45) is 8.29. The number of nitrogens with zero attached hydrogens (tertiary/aromatic N) is 3. The number of fused-ring (bicyclic) bond motifs is 1. The fourth-order valence-corrected chi connectivity index (χ4v) is 3.50. The lowest BCUT2D eigenvalue weighted by Crippen LogP contribution is -2.43. The molecule has 5 heteroatoms. The van der Waals surface area contributed by atoms with E-state index in [1.807, 2.05) is 12.1 Å². The maximum absolute atomic E-state index is 8.65. The summed E-state index contributed by atoms with van der Waals surface area (Å²) in [7, 11) is 0. The van der Waals surface area contributed by atoms with Gasteiger partial charge < -0.3 is 15.8 Å². The van der Waals surface area contributed by atoms with Crippen molar-refractivity contribution in [2.45, 2.75) is 38.1 Å². The third-order valence-corrected chi connectivity index (χ3v) is 4.44. The monoisotopic (exact) mass is 260 g/mol. The third-order valence-electron chi connectivity index (χ3n) is 4.44. The Morgan fingerprint density at radius 3 is 2.89 bits per heavy atom. The summed E-state index contributed by atoms with van der Waals surface area (Å²) in [5.74, 6) is 1.97. The molecule has 2 unspecified atom stereocenters. The van der Waals surface area contributed by atoms with Crippen LogP contribution < -0.4 is 10.6 Å². The number of rotatable bonds is 2. The zero-order valence-corrected chi connectivity index (χ0v) is 11.0. The van der Waals surface area contributed by atoms with Gasteiger partial charge in [0.15, 0.2) is 5.84 Å². The molecule has 0 amide bonds. The fourth-order valence-electron chi connectivity index (χ4n) is 3.50. The van der Waals surface area contributed by atoms with Crippen molar-refractivity contribution >= 4 is 11.7 Å². The molecular formula is C14H20N4O. The predicted octanol–water partition coefficient (Wildman–Crippen LogP) is 1.95. The molecule has 0 bridgehead atoms. The first kappa shape index (κ1) is 12.3. The lowest BCUT2D eigenvalue weighted by Gasteiger charge is -2.38. The highest BCUT2D eigenvalue weighted by atomic mass is 16.4. The molecule has 5 nitrogen and oxygen atoms in total. The molecule has 1 saturated heterocycles. The van der Waals surface area contributed by atoms with E-state index >= 15 is 0 Å². The molecule has 0 spiro atoms. The second-order valence-electron chi connectivity index (χ2n) is 5.48. The molecular weight excluding hydrogens is 240 g/mol. The number of hydrogen-bond acceptors (Lipinski definition) is 4. The highest BCUT2D eigenvalue weighted by Gasteiger charge is 2.35. The number of anilines is 1. The van der Waals surface area contributed by atoms with Crippen molar-refractivity contribution in [2.24, 2.45) is 16.8 Å². The summed E-state index contributed by atoms with van der Waals surface area (Å²) in [5.41, 5.74) is 6.21. The van der Waals surface area contributed by atoms with Crippen LogP contribution in [0.5, 0.6) is 0 Å². The van der Waals surface area contributed by atoms with Crippen LogP contribution in [-0.4, -0.2) is 28.6 Å². The number of nitrogens with two attached hydrogens (primary N) is 1. The smallest absolute Gasteiger partial charge is 0.171 e.